The van der Waals surface area contributed by atoms with E-state index in [0.29, 0.717) is 57.6 Å². The lowest BCUT2D eigenvalue weighted by molar-refractivity contribution is 0.0228. The van der Waals surface area contributed by atoms with Crippen LogP contribution in [-0.4, -0.2) is 76.1 Å². The fraction of sp³-hybridized carbons (Fsp3) is 0.500. The van der Waals surface area contributed by atoms with E-state index in [0.717, 1.165) is 44.4 Å². The summed E-state index contributed by atoms with van der Waals surface area (Å²) in [4.78, 5) is 11.2. The summed E-state index contributed by atoms with van der Waals surface area (Å²) in [5.41, 5.74) is -0.204. The number of anilines is 1. The van der Waals surface area contributed by atoms with Gasteiger partial charge in [-0.3, -0.25) is 4.39 Å². The van der Waals surface area contributed by atoms with E-state index < -0.39 is 30.2 Å². The molecule has 0 aromatic heterocycles. The highest BCUT2D eigenvalue weighted by Crippen LogP contribution is 3.02. The van der Waals surface area contributed by atoms with E-state index in [-0.39, 0.29) is 17.4 Å². The molecular weight excluding hydrogens is 673 g/mol. The van der Waals surface area contributed by atoms with Crippen molar-refractivity contribution in [2.45, 2.75) is 36.2 Å². The molecule has 0 bridgehead atoms. The fourth-order valence-corrected chi connectivity index (χ4v) is 5.05. The Morgan fingerprint density at radius 1 is 0.667 bits per heavy atom. The highest BCUT2D eigenvalue weighted by molar-refractivity contribution is 8.46. The highest BCUT2D eigenvalue weighted by atomic mass is 32.5. The first-order valence-corrected chi connectivity index (χ1v) is 17.2. The minimum Gasteiger partial charge on any atom is -0.444 e. The molecule has 2 aliphatic heterocycles. The number of nitrogens with zero attached hydrogens (tertiary/aromatic N) is 2. The van der Waals surface area contributed by atoms with Crippen LogP contribution in [0.1, 0.15) is 20.8 Å². The summed E-state index contributed by atoms with van der Waals surface area (Å²) in [6.45, 7) is 11.1. The molecule has 2 saturated heterocycles. The van der Waals surface area contributed by atoms with Crippen molar-refractivity contribution >= 4 is 32.2 Å². The lowest BCUT2D eigenvalue weighted by Gasteiger charge is -2.41. The molecule has 2 aliphatic rings. The van der Waals surface area contributed by atoms with Crippen LogP contribution in [0.25, 0.3) is 0 Å². The molecule has 1 amide bonds. The summed E-state index contributed by atoms with van der Waals surface area (Å²) in [7, 11) is -18.5. The van der Waals surface area contributed by atoms with Gasteiger partial charge in [0.25, 0.3) is 0 Å². The number of halogens is 11. The van der Waals surface area contributed by atoms with Crippen LogP contribution >= 0.6 is 20.4 Å². The Kier molecular flexibility index (Phi) is 11.9. The molecule has 0 spiro atoms. The van der Waals surface area contributed by atoms with E-state index in [9.17, 15) is 48.0 Å². The third-order valence-electron chi connectivity index (χ3n) is 5.70. The average molecular weight is 713 g/mol. The van der Waals surface area contributed by atoms with Crippen molar-refractivity contribution < 1.29 is 52.8 Å². The standard InChI is InChI=1S/C10H13F5N2S.C9H18N2O2.C6H5F5S.CH3F/c11-18(12,13,14,15)10-3-1-2-9(8-10)17-6-4-16-5-7-17;1-9(2,3)13-8(12)11-6-4-10-5-7-11;7-12(8,9,10,11)6-4-2-1-3-5-6;1-2/h1-3,8,16H,4-7H2;10H,4-7H2,1-3H3;1-5H;1H3. The topological polar surface area (TPSA) is 56.8 Å². The normalized spacial score (nSPS) is 18.8. The quantitative estimate of drug-likeness (QED) is 0.311. The highest BCUT2D eigenvalue weighted by Gasteiger charge is 2.66. The molecule has 6 nitrogen and oxygen atoms in total. The Morgan fingerprint density at radius 2 is 1.09 bits per heavy atom. The molecule has 2 fully saturated rings. The van der Waals surface area contributed by atoms with Crippen LogP contribution in [0.4, 0.5) is 53.7 Å². The molecule has 19 heteroatoms. The lowest BCUT2D eigenvalue weighted by atomic mass is 10.2. The Balaban J connectivity index is 0.000000337. The molecular formula is C26H39F11N4O2S2. The van der Waals surface area contributed by atoms with Crippen molar-refractivity contribution in [1.29, 1.82) is 0 Å². The van der Waals surface area contributed by atoms with Crippen LogP contribution in [0.2, 0.25) is 0 Å². The second-order valence-corrected chi connectivity index (χ2v) is 15.5. The van der Waals surface area contributed by atoms with Gasteiger partial charge in [0.2, 0.25) is 0 Å². The molecule has 0 atom stereocenters. The Labute approximate surface area is 255 Å². The van der Waals surface area contributed by atoms with E-state index in [2.05, 4.69) is 10.6 Å². The number of rotatable bonds is 3. The number of ether oxygens (including phenoxy) is 1. The molecule has 0 saturated carbocycles. The SMILES string of the molecule is CC(C)(C)OC(=O)N1CCNCC1.CF.FS(F)(F)(F)(F)c1cccc(N2CCNCC2)c1.FS(F)(F)(F)(F)c1ccccc1. The van der Waals surface area contributed by atoms with E-state index in [1.54, 1.807) is 9.80 Å². The third-order valence-corrected chi connectivity index (χ3v) is 8.01. The second kappa shape index (κ2) is 13.2. The molecule has 0 unspecified atom stereocenters. The molecule has 0 radical (unpaired) electrons. The summed E-state index contributed by atoms with van der Waals surface area (Å²) in [5, 5.41) is 6.22. The maximum absolute atomic E-state index is 12.7. The molecule has 0 aliphatic carbocycles. The lowest BCUT2D eigenvalue weighted by Crippen LogP contribution is -2.48. The van der Waals surface area contributed by atoms with Crippen molar-refractivity contribution in [2.75, 3.05) is 64.4 Å². The first-order chi connectivity index (χ1) is 20.1. The predicted octanol–water partition coefficient (Wildman–Crippen LogP) is 9.51. The minimum atomic E-state index is -9.58. The maximum Gasteiger partial charge on any atom is 0.410 e. The molecule has 2 aromatic rings. The number of nitrogens with one attached hydrogen (secondary N) is 2. The van der Waals surface area contributed by atoms with Gasteiger partial charge in [-0.2, -0.15) is 0 Å². The molecule has 264 valence electrons. The van der Waals surface area contributed by atoms with Crippen LogP contribution in [0.15, 0.2) is 64.4 Å². The number of carbonyl (C=O) groups excluding carboxylic acids is 1. The Hall–Kier alpha value is -2.64. The zero-order chi connectivity index (χ0) is 34.9. The summed E-state index contributed by atoms with van der Waals surface area (Å²) >= 11 is 0. The molecule has 2 N–H and O–H groups in total. The van der Waals surface area contributed by atoms with Gasteiger partial charge in [0, 0.05) is 58.0 Å². The van der Waals surface area contributed by atoms with Gasteiger partial charge in [-0.05, 0) is 51.1 Å². The number of carbonyl (C=O) groups is 1. The zero-order valence-corrected chi connectivity index (χ0v) is 26.7. The first kappa shape index (κ1) is 40.4. The van der Waals surface area contributed by atoms with Crippen molar-refractivity contribution in [3.05, 3.63) is 54.6 Å². The molecule has 2 aromatic carbocycles. The van der Waals surface area contributed by atoms with Gasteiger partial charge in [-0.15, -0.1) is 0 Å². The van der Waals surface area contributed by atoms with Crippen LogP contribution in [0.5, 0.6) is 0 Å². The molecule has 4 rings (SSSR count). The Bertz CT molecular complexity index is 1240. The van der Waals surface area contributed by atoms with E-state index in [4.69, 9.17) is 4.74 Å². The Morgan fingerprint density at radius 3 is 1.49 bits per heavy atom. The second-order valence-electron chi connectivity index (χ2n) is 10.7. The van der Waals surface area contributed by atoms with Gasteiger partial charge < -0.3 is 25.2 Å². The van der Waals surface area contributed by atoms with Gasteiger partial charge in [-0.1, -0.05) is 63.1 Å². The third kappa shape index (κ3) is 15.5. The predicted molar refractivity (Wildman–Crippen MR) is 158 cm³/mol. The van der Waals surface area contributed by atoms with Crippen molar-refractivity contribution in [3.8, 4) is 0 Å². The fourth-order valence-electron chi connectivity index (χ4n) is 3.69. The van der Waals surface area contributed by atoms with Gasteiger partial charge >= 0.3 is 26.5 Å². The number of hydrogen-bond donors (Lipinski definition) is 2. The van der Waals surface area contributed by atoms with E-state index in [1.165, 1.54) is 12.1 Å². The first-order valence-electron chi connectivity index (χ1n) is 13.3. The number of alkyl halides is 1. The van der Waals surface area contributed by atoms with Gasteiger partial charge in [0.15, 0.2) is 0 Å². The van der Waals surface area contributed by atoms with Crippen molar-refractivity contribution in [1.82, 2.24) is 15.5 Å². The summed E-state index contributed by atoms with van der Waals surface area (Å²) < 4.78 is 138. The van der Waals surface area contributed by atoms with Gasteiger partial charge in [0.05, 0.1) is 7.18 Å². The van der Waals surface area contributed by atoms with Gasteiger partial charge in [-0.25, -0.2) is 4.79 Å². The maximum atomic E-state index is 12.7. The largest absolute Gasteiger partial charge is 0.444 e. The van der Waals surface area contributed by atoms with Crippen LogP contribution in [0.3, 0.4) is 0 Å². The number of hydrogen-bond acceptors (Lipinski definition) is 5. The minimum absolute atomic E-state index is 0.183. The van der Waals surface area contributed by atoms with Crippen molar-refractivity contribution in [2.24, 2.45) is 0 Å². The van der Waals surface area contributed by atoms with Crippen LogP contribution in [0, 0.1) is 0 Å². The number of piperazine rings is 2. The van der Waals surface area contributed by atoms with Crippen molar-refractivity contribution in [3.63, 3.8) is 0 Å². The van der Waals surface area contributed by atoms with Crippen LogP contribution in [-0.2, 0) is 4.74 Å². The number of amides is 1. The smallest absolute Gasteiger partial charge is 0.410 e. The summed E-state index contributed by atoms with van der Waals surface area (Å²) in [5.74, 6) is 0. The van der Waals surface area contributed by atoms with E-state index in [1.807, 2.05) is 20.8 Å². The number of benzene rings is 2. The molecule has 45 heavy (non-hydrogen) atoms. The average Bonchev–Trinajstić information content (AvgIpc) is 2.93. The van der Waals surface area contributed by atoms with Gasteiger partial charge in [0.1, 0.15) is 15.4 Å². The monoisotopic (exact) mass is 712 g/mol. The van der Waals surface area contributed by atoms with Crippen LogP contribution < -0.4 is 15.5 Å². The van der Waals surface area contributed by atoms with E-state index >= 15 is 0 Å². The molecule has 2 heterocycles. The zero-order valence-electron chi connectivity index (χ0n) is 25.0. The summed E-state index contributed by atoms with van der Waals surface area (Å²) in [6.07, 6.45) is -0.200. The summed E-state index contributed by atoms with van der Waals surface area (Å²) in [6, 6.07) is 7.21.